The van der Waals surface area contributed by atoms with Gasteiger partial charge in [0.1, 0.15) is 0 Å². The normalized spacial score (nSPS) is 11.2. The van der Waals surface area contributed by atoms with Crippen molar-refractivity contribution >= 4 is 62.4 Å². The number of fused-ring (bicyclic) bond motifs is 1. The molecule has 1 heterocycles. The zero-order chi connectivity index (χ0) is 19.5. The van der Waals surface area contributed by atoms with Crippen molar-refractivity contribution in [2.75, 3.05) is 5.32 Å². The summed E-state index contributed by atoms with van der Waals surface area (Å²) >= 11 is 13.3. The van der Waals surface area contributed by atoms with Crippen LogP contribution >= 0.6 is 34.5 Å². The second kappa shape index (κ2) is 8.15. The molecule has 138 valence electrons. The van der Waals surface area contributed by atoms with E-state index in [1.54, 1.807) is 24.3 Å². The standard InChI is InChI=1S/C22H14Cl2N2OS/c23-18-10-8-14(12-19(18)24)9-11-21(27)26-22-25-20(13-28-22)17-7-3-5-15-4-1-2-6-16(15)17/h1-13H,(H,25,26,27). The predicted octanol–water partition coefficient (Wildman–Crippen LogP) is 6.92. The molecule has 1 N–H and O–H groups in total. The van der Waals surface area contributed by atoms with E-state index in [4.69, 9.17) is 23.2 Å². The fraction of sp³-hybridized carbons (Fsp3) is 0. The first-order valence-corrected chi connectivity index (χ1v) is 10.1. The van der Waals surface area contributed by atoms with Gasteiger partial charge in [-0.3, -0.25) is 10.1 Å². The number of nitrogens with one attached hydrogen (secondary N) is 1. The highest BCUT2D eigenvalue weighted by Crippen LogP contribution is 2.31. The fourth-order valence-corrected chi connectivity index (χ4v) is 3.86. The van der Waals surface area contributed by atoms with Gasteiger partial charge in [-0.15, -0.1) is 11.3 Å². The number of thiazole rings is 1. The summed E-state index contributed by atoms with van der Waals surface area (Å²) < 4.78 is 0. The highest BCUT2D eigenvalue weighted by atomic mass is 35.5. The lowest BCUT2D eigenvalue weighted by Gasteiger charge is -2.03. The van der Waals surface area contributed by atoms with Crippen LogP contribution in [-0.4, -0.2) is 10.9 Å². The first kappa shape index (κ1) is 18.7. The van der Waals surface area contributed by atoms with Gasteiger partial charge in [0.05, 0.1) is 15.7 Å². The van der Waals surface area contributed by atoms with Gasteiger partial charge >= 0.3 is 0 Å². The Morgan fingerprint density at radius 2 is 1.82 bits per heavy atom. The molecule has 3 nitrogen and oxygen atoms in total. The maximum atomic E-state index is 12.2. The van der Waals surface area contributed by atoms with Crippen LogP contribution in [0.5, 0.6) is 0 Å². The number of nitrogens with zero attached hydrogens (tertiary/aromatic N) is 1. The van der Waals surface area contributed by atoms with E-state index in [0.717, 1.165) is 27.6 Å². The number of benzene rings is 3. The Morgan fingerprint density at radius 1 is 1.00 bits per heavy atom. The Balaban J connectivity index is 1.50. The SMILES string of the molecule is O=C(C=Cc1ccc(Cl)c(Cl)c1)Nc1nc(-c2cccc3ccccc23)cs1. The van der Waals surface area contributed by atoms with Crippen LogP contribution in [0.1, 0.15) is 5.56 Å². The van der Waals surface area contributed by atoms with E-state index >= 15 is 0 Å². The summed E-state index contributed by atoms with van der Waals surface area (Å²) in [5.74, 6) is -0.259. The van der Waals surface area contributed by atoms with Crippen LogP contribution in [0.3, 0.4) is 0 Å². The van der Waals surface area contributed by atoms with Crippen LogP contribution in [0, 0.1) is 0 Å². The van der Waals surface area contributed by atoms with Crippen molar-refractivity contribution in [3.05, 3.63) is 87.7 Å². The van der Waals surface area contributed by atoms with Crippen molar-refractivity contribution < 1.29 is 4.79 Å². The van der Waals surface area contributed by atoms with Gasteiger partial charge in [0, 0.05) is 17.0 Å². The monoisotopic (exact) mass is 424 g/mol. The minimum atomic E-state index is -0.259. The largest absolute Gasteiger partial charge is 0.298 e. The van der Waals surface area contributed by atoms with E-state index in [0.29, 0.717) is 15.2 Å². The third-order valence-electron chi connectivity index (χ3n) is 4.17. The molecule has 0 saturated heterocycles. The molecule has 28 heavy (non-hydrogen) atoms. The summed E-state index contributed by atoms with van der Waals surface area (Å²) in [5.41, 5.74) is 2.67. The topological polar surface area (TPSA) is 42.0 Å². The molecule has 1 aromatic heterocycles. The molecule has 0 saturated carbocycles. The second-order valence-electron chi connectivity index (χ2n) is 6.06. The number of carbonyl (C=O) groups is 1. The molecule has 4 aromatic rings. The van der Waals surface area contributed by atoms with E-state index < -0.39 is 0 Å². The number of aromatic nitrogens is 1. The molecule has 1 amide bonds. The number of halogens is 2. The van der Waals surface area contributed by atoms with Crippen LogP contribution in [-0.2, 0) is 4.79 Å². The van der Waals surface area contributed by atoms with E-state index in [1.165, 1.54) is 17.4 Å². The van der Waals surface area contributed by atoms with Crippen molar-refractivity contribution in [2.45, 2.75) is 0 Å². The molecule has 0 radical (unpaired) electrons. The highest BCUT2D eigenvalue weighted by molar-refractivity contribution is 7.14. The van der Waals surface area contributed by atoms with Gasteiger partial charge in [0.25, 0.3) is 0 Å². The molecule has 0 bridgehead atoms. The first-order valence-electron chi connectivity index (χ1n) is 8.48. The van der Waals surface area contributed by atoms with Gasteiger partial charge in [-0.05, 0) is 34.5 Å². The van der Waals surface area contributed by atoms with Crippen LogP contribution in [0.4, 0.5) is 5.13 Å². The lowest BCUT2D eigenvalue weighted by Crippen LogP contribution is -2.07. The maximum absolute atomic E-state index is 12.2. The van der Waals surface area contributed by atoms with Gasteiger partial charge in [-0.25, -0.2) is 4.98 Å². The number of rotatable bonds is 4. The Labute approximate surface area is 176 Å². The Kier molecular flexibility index (Phi) is 5.44. The molecule has 0 fully saturated rings. The van der Waals surface area contributed by atoms with Crippen molar-refractivity contribution in [3.8, 4) is 11.3 Å². The van der Waals surface area contributed by atoms with E-state index in [-0.39, 0.29) is 5.91 Å². The van der Waals surface area contributed by atoms with Gasteiger partial charge in [-0.2, -0.15) is 0 Å². The molecule has 0 atom stereocenters. The summed E-state index contributed by atoms with van der Waals surface area (Å²) in [7, 11) is 0. The molecule has 6 heteroatoms. The lowest BCUT2D eigenvalue weighted by molar-refractivity contribution is -0.111. The molecule has 3 aromatic carbocycles. The minimum Gasteiger partial charge on any atom is -0.298 e. The molecule has 4 rings (SSSR count). The lowest BCUT2D eigenvalue weighted by atomic mass is 10.0. The number of hydrogen-bond donors (Lipinski definition) is 1. The van der Waals surface area contributed by atoms with Gasteiger partial charge in [0.15, 0.2) is 5.13 Å². The highest BCUT2D eigenvalue weighted by Gasteiger charge is 2.09. The van der Waals surface area contributed by atoms with Crippen LogP contribution in [0.2, 0.25) is 10.0 Å². The maximum Gasteiger partial charge on any atom is 0.250 e. The van der Waals surface area contributed by atoms with Crippen LogP contribution in [0.25, 0.3) is 28.1 Å². The van der Waals surface area contributed by atoms with Crippen molar-refractivity contribution in [2.24, 2.45) is 0 Å². The molecule has 0 aliphatic rings. The van der Waals surface area contributed by atoms with Gasteiger partial charge in [-0.1, -0.05) is 71.7 Å². The molecule has 0 spiro atoms. The fourth-order valence-electron chi connectivity index (χ4n) is 2.84. The Hall–Kier alpha value is -2.66. The molecule has 0 aliphatic carbocycles. The van der Waals surface area contributed by atoms with Gasteiger partial charge in [0.2, 0.25) is 5.91 Å². The van der Waals surface area contributed by atoms with E-state index in [2.05, 4.69) is 28.5 Å². The zero-order valence-electron chi connectivity index (χ0n) is 14.5. The number of hydrogen-bond acceptors (Lipinski definition) is 3. The minimum absolute atomic E-state index is 0.259. The molecular formula is C22H14Cl2N2OS. The molecule has 0 unspecified atom stereocenters. The van der Waals surface area contributed by atoms with Gasteiger partial charge < -0.3 is 0 Å². The smallest absolute Gasteiger partial charge is 0.250 e. The Morgan fingerprint density at radius 3 is 2.68 bits per heavy atom. The first-order chi connectivity index (χ1) is 13.6. The van der Waals surface area contributed by atoms with E-state index in [9.17, 15) is 4.79 Å². The number of anilines is 1. The second-order valence-corrected chi connectivity index (χ2v) is 7.73. The average molecular weight is 425 g/mol. The predicted molar refractivity (Wildman–Crippen MR) is 119 cm³/mol. The number of carbonyl (C=O) groups excluding carboxylic acids is 1. The van der Waals surface area contributed by atoms with Crippen molar-refractivity contribution in [3.63, 3.8) is 0 Å². The Bertz CT molecular complexity index is 1190. The van der Waals surface area contributed by atoms with Crippen molar-refractivity contribution in [1.82, 2.24) is 4.98 Å². The summed E-state index contributed by atoms with van der Waals surface area (Å²) in [6.45, 7) is 0. The summed E-state index contributed by atoms with van der Waals surface area (Å²) in [6.07, 6.45) is 3.12. The van der Waals surface area contributed by atoms with Crippen molar-refractivity contribution in [1.29, 1.82) is 0 Å². The summed E-state index contributed by atoms with van der Waals surface area (Å²) in [5, 5.41) is 8.51. The van der Waals surface area contributed by atoms with Crippen LogP contribution < -0.4 is 5.32 Å². The third-order valence-corrected chi connectivity index (χ3v) is 5.67. The van der Waals surface area contributed by atoms with Crippen LogP contribution in [0.15, 0.2) is 72.1 Å². The average Bonchev–Trinajstić information content (AvgIpc) is 3.16. The quantitative estimate of drug-likeness (QED) is 0.361. The number of amides is 1. The summed E-state index contributed by atoms with van der Waals surface area (Å²) in [4.78, 5) is 16.8. The molecular weight excluding hydrogens is 411 g/mol. The summed E-state index contributed by atoms with van der Waals surface area (Å²) in [6, 6.07) is 19.5. The van der Waals surface area contributed by atoms with E-state index in [1.807, 2.05) is 29.6 Å². The zero-order valence-corrected chi connectivity index (χ0v) is 16.9. The molecule has 0 aliphatic heterocycles. The third kappa shape index (κ3) is 4.09.